The molecule has 0 spiro atoms. The van der Waals surface area contributed by atoms with E-state index in [0.29, 0.717) is 35.0 Å². The van der Waals surface area contributed by atoms with Gasteiger partial charge in [-0.3, -0.25) is 4.79 Å². The number of hydrogen-bond donors (Lipinski definition) is 2. The third-order valence-electron chi connectivity index (χ3n) is 4.22. The minimum absolute atomic E-state index is 0.116. The van der Waals surface area contributed by atoms with Gasteiger partial charge in [0.25, 0.3) is 5.91 Å². The van der Waals surface area contributed by atoms with E-state index in [1.54, 1.807) is 30.3 Å². The number of carbonyl (C=O) groups excluding carboxylic acids is 1. The lowest BCUT2D eigenvalue weighted by Gasteiger charge is -2.12. The van der Waals surface area contributed by atoms with Gasteiger partial charge in [0.2, 0.25) is 0 Å². The number of carbonyl (C=O) groups is 1. The Labute approximate surface area is 157 Å². The molecule has 1 aliphatic heterocycles. The Morgan fingerprint density at radius 1 is 1.15 bits per heavy atom. The van der Waals surface area contributed by atoms with Crippen LogP contribution in [0.25, 0.3) is 0 Å². The quantitative estimate of drug-likeness (QED) is 0.775. The number of benzene rings is 1. The van der Waals surface area contributed by atoms with Crippen molar-refractivity contribution in [2.45, 2.75) is 12.5 Å². The van der Waals surface area contributed by atoms with Crippen LogP contribution in [-0.2, 0) is 9.84 Å². The molecule has 1 aromatic heterocycles. The average molecular weight is 391 g/mol. The fourth-order valence-corrected chi connectivity index (χ4v) is 4.49. The lowest BCUT2D eigenvalue weighted by molar-refractivity contribution is 0.102. The zero-order valence-corrected chi connectivity index (χ0v) is 15.9. The molecule has 9 heteroatoms. The van der Waals surface area contributed by atoms with Gasteiger partial charge in [0.1, 0.15) is 17.3 Å². The van der Waals surface area contributed by atoms with Crippen molar-refractivity contribution in [3.05, 3.63) is 42.1 Å². The van der Waals surface area contributed by atoms with Gasteiger partial charge in [-0.1, -0.05) is 0 Å². The van der Waals surface area contributed by atoms with E-state index in [1.165, 1.54) is 20.4 Å². The van der Waals surface area contributed by atoms with E-state index in [9.17, 15) is 13.2 Å². The maximum Gasteiger partial charge on any atom is 0.255 e. The summed E-state index contributed by atoms with van der Waals surface area (Å²) in [6, 6.07) is 8.18. The Morgan fingerprint density at radius 3 is 2.37 bits per heavy atom. The zero-order valence-electron chi connectivity index (χ0n) is 15.1. The number of aromatic nitrogens is 1. The predicted molar refractivity (Wildman–Crippen MR) is 102 cm³/mol. The molecule has 3 rings (SSSR count). The number of hydrogen-bond acceptors (Lipinski definition) is 7. The van der Waals surface area contributed by atoms with Crippen LogP contribution < -0.4 is 20.1 Å². The van der Waals surface area contributed by atoms with Crippen molar-refractivity contribution in [2.75, 3.05) is 36.4 Å². The highest BCUT2D eigenvalue weighted by atomic mass is 32.2. The van der Waals surface area contributed by atoms with E-state index in [-0.39, 0.29) is 23.5 Å². The molecule has 0 saturated carbocycles. The van der Waals surface area contributed by atoms with Crippen LogP contribution in [0.5, 0.6) is 11.5 Å². The Morgan fingerprint density at radius 2 is 1.85 bits per heavy atom. The van der Waals surface area contributed by atoms with Crippen LogP contribution in [-0.4, -0.2) is 51.1 Å². The molecule has 1 atom stereocenters. The summed E-state index contributed by atoms with van der Waals surface area (Å²) in [6.45, 7) is 0. The molecule has 1 saturated heterocycles. The summed E-state index contributed by atoms with van der Waals surface area (Å²) in [7, 11) is 0.0815. The van der Waals surface area contributed by atoms with Gasteiger partial charge >= 0.3 is 0 Å². The molecule has 8 nitrogen and oxygen atoms in total. The molecule has 0 bridgehead atoms. The van der Waals surface area contributed by atoms with Crippen LogP contribution in [0.2, 0.25) is 0 Å². The first-order valence-electron chi connectivity index (χ1n) is 8.36. The number of pyridine rings is 1. The van der Waals surface area contributed by atoms with E-state index >= 15 is 0 Å². The number of sulfone groups is 1. The summed E-state index contributed by atoms with van der Waals surface area (Å²) in [5.41, 5.74) is 0.913. The molecule has 2 aromatic rings. The van der Waals surface area contributed by atoms with Crippen molar-refractivity contribution in [3.8, 4) is 11.5 Å². The highest BCUT2D eigenvalue weighted by Crippen LogP contribution is 2.23. The second-order valence-corrected chi connectivity index (χ2v) is 8.46. The Hall–Kier alpha value is -2.81. The molecule has 1 amide bonds. The Kier molecular flexibility index (Phi) is 5.50. The molecule has 2 N–H and O–H groups in total. The lowest BCUT2D eigenvalue weighted by Crippen LogP contribution is -2.21. The summed E-state index contributed by atoms with van der Waals surface area (Å²) in [4.78, 5) is 16.7. The minimum atomic E-state index is -2.95. The van der Waals surface area contributed by atoms with E-state index in [0.717, 1.165) is 0 Å². The van der Waals surface area contributed by atoms with Crippen LogP contribution >= 0.6 is 0 Å². The van der Waals surface area contributed by atoms with Gasteiger partial charge < -0.3 is 20.1 Å². The number of anilines is 2. The summed E-state index contributed by atoms with van der Waals surface area (Å²) in [5, 5.41) is 5.86. The van der Waals surface area contributed by atoms with Crippen LogP contribution in [0.15, 0.2) is 36.5 Å². The number of methoxy groups -OCH3 is 2. The Balaban J connectivity index is 1.65. The summed E-state index contributed by atoms with van der Waals surface area (Å²) >= 11 is 0. The largest absolute Gasteiger partial charge is 0.497 e. The van der Waals surface area contributed by atoms with Crippen LogP contribution in [0.1, 0.15) is 16.8 Å². The van der Waals surface area contributed by atoms with Gasteiger partial charge in [0, 0.05) is 17.7 Å². The molecule has 0 radical (unpaired) electrons. The third kappa shape index (κ3) is 4.88. The van der Waals surface area contributed by atoms with Crippen molar-refractivity contribution in [1.82, 2.24) is 4.98 Å². The van der Waals surface area contributed by atoms with Crippen LogP contribution in [0.4, 0.5) is 11.5 Å². The summed E-state index contributed by atoms with van der Waals surface area (Å²) in [5.74, 6) is 1.59. The number of amides is 1. The van der Waals surface area contributed by atoms with Crippen molar-refractivity contribution < 1.29 is 22.7 Å². The van der Waals surface area contributed by atoms with E-state index in [2.05, 4.69) is 15.6 Å². The van der Waals surface area contributed by atoms with E-state index < -0.39 is 9.84 Å². The molecule has 144 valence electrons. The van der Waals surface area contributed by atoms with Crippen molar-refractivity contribution >= 4 is 27.2 Å². The van der Waals surface area contributed by atoms with Crippen LogP contribution in [0, 0.1) is 0 Å². The third-order valence-corrected chi connectivity index (χ3v) is 5.99. The molecule has 1 fully saturated rings. The number of nitrogens with one attached hydrogen (secondary N) is 2. The number of rotatable bonds is 6. The summed E-state index contributed by atoms with van der Waals surface area (Å²) < 4.78 is 33.3. The molecule has 1 aliphatic rings. The smallest absolute Gasteiger partial charge is 0.255 e. The van der Waals surface area contributed by atoms with Crippen molar-refractivity contribution in [3.63, 3.8) is 0 Å². The first kappa shape index (κ1) is 19.0. The monoisotopic (exact) mass is 391 g/mol. The van der Waals surface area contributed by atoms with E-state index in [1.807, 2.05) is 0 Å². The molecule has 1 aromatic carbocycles. The maximum atomic E-state index is 12.5. The van der Waals surface area contributed by atoms with Gasteiger partial charge in [-0.25, -0.2) is 13.4 Å². The fraction of sp³-hybridized carbons (Fsp3) is 0.333. The molecule has 27 heavy (non-hydrogen) atoms. The topological polar surface area (TPSA) is 107 Å². The molecular formula is C18H21N3O5S. The SMILES string of the molecule is COc1cc(OC)cc(C(=O)Nc2ccc(NC3CCS(=O)(=O)C3)nc2)c1. The molecular weight excluding hydrogens is 370 g/mol. The van der Waals surface area contributed by atoms with Crippen molar-refractivity contribution in [1.29, 1.82) is 0 Å². The fourth-order valence-electron chi connectivity index (χ4n) is 2.81. The summed E-state index contributed by atoms with van der Waals surface area (Å²) in [6.07, 6.45) is 2.08. The highest BCUT2D eigenvalue weighted by molar-refractivity contribution is 7.91. The second kappa shape index (κ2) is 7.83. The number of nitrogens with zero attached hydrogens (tertiary/aromatic N) is 1. The first-order valence-corrected chi connectivity index (χ1v) is 10.2. The van der Waals surface area contributed by atoms with Gasteiger partial charge in [0.05, 0.1) is 37.6 Å². The predicted octanol–water partition coefficient (Wildman–Crippen LogP) is 1.95. The van der Waals surface area contributed by atoms with Gasteiger partial charge in [-0.05, 0) is 30.7 Å². The number of ether oxygens (including phenoxy) is 2. The normalized spacial score (nSPS) is 17.9. The van der Waals surface area contributed by atoms with Gasteiger partial charge in [-0.15, -0.1) is 0 Å². The second-order valence-electron chi connectivity index (χ2n) is 6.23. The van der Waals surface area contributed by atoms with E-state index in [4.69, 9.17) is 9.47 Å². The van der Waals surface area contributed by atoms with Gasteiger partial charge in [-0.2, -0.15) is 0 Å². The first-order chi connectivity index (χ1) is 12.9. The highest BCUT2D eigenvalue weighted by Gasteiger charge is 2.27. The minimum Gasteiger partial charge on any atom is -0.497 e. The Bertz CT molecular complexity index is 906. The zero-order chi connectivity index (χ0) is 19.4. The average Bonchev–Trinajstić information content (AvgIpc) is 3.01. The maximum absolute atomic E-state index is 12.5. The standard InChI is InChI=1S/C18H21N3O5S/c1-25-15-7-12(8-16(9-15)26-2)18(22)21-13-3-4-17(19-10-13)20-14-5-6-27(23,24)11-14/h3-4,7-10,14H,5-6,11H2,1-2H3,(H,19,20)(H,21,22). The molecule has 0 aliphatic carbocycles. The molecule has 2 heterocycles. The lowest BCUT2D eigenvalue weighted by atomic mass is 10.2. The molecule has 1 unspecified atom stereocenters. The van der Waals surface area contributed by atoms with Crippen molar-refractivity contribution in [2.24, 2.45) is 0 Å². The van der Waals surface area contributed by atoms with Gasteiger partial charge in [0.15, 0.2) is 9.84 Å². The van der Waals surface area contributed by atoms with Crippen LogP contribution in [0.3, 0.4) is 0 Å².